The molecule has 0 fully saturated rings. The minimum atomic E-state index is -1.58. The molecule has 0 amide bonds. The maximum absolute atomic E-state index is 2.50. The topological polar surface area (TPSA) is 0 Å². The van der Waals surface area contributed by atoms with Crippen LogP contribution in [0.25, 0.3) is 0 Å². The molecule has 0 saturated heterocycles. The first-order chi connectivity index (χ1) is 7.81. The van der Waals surface area contributed by atoms with Crippen LogP contribution in [0.4, 0.5) is 0 Å². The Balaban J connectivity index is 2.57. The summed E-state index contributed by atoms with van der Waals surface area (Å²) in [5.74, 6) is 0. The van der Waals surface area contributed by atoms with E-state index in [2.05, 4.69) is 70.4 Å². The number of allylic oxidation sites excluding steroid dienone is 2. The van der Waals surface area contributed by atoms with E-state index in [-0.39, 0.29) is 0 Å². The standard InChI is InChI=1S/C12H17Si.3CH3.Sn/c1-4-5-11-13(2,3)12-9-7-6-8-10-12;;;;/h4-10H,1,11H2,2-3H3;3*1H3;/b5-4+;;;;. The Kier molecular flexibility index (Phi) is 5.51. The Bertz CT molecular complexity index is 360. The second-order valence-corrected chi connectivity index (χ2v) is 27.2. The molecule has 1 aromatic rings. The third-order valence-electron chi connectivity index (χ3n) is 3.08. The van der Waals surface area contributed by atoms with Crippen molar-refractivity contribution < 1.29 is 0 Å². The molecule has 0 spiro atoms. The molecule has 0 nitrogen and oxygen atoms in total. The first-order valence-electron chi connectivity index (χ1n) is 6.52. The molecule has 0 saturated carbocycles. The Morgan fingerprint density at radius 1 is 1.00 bits per heavy atom. The minimum absolute atomic E-state index is 1.24. The van der Waals surface area contributed by atoms with Gasteiger partial charge in [-0.25, -0.2) is 0 Å². The summed E-state index contributed by atoms with van der Waals surface area (Å²) in [5.41, 5.74) is 0. The van der Waals surface area contributed by atoms with Gasteiger partial charge in [0, 0.05) is 0 Å². The van der Waals surface area contributed by atoms with Crippen LogP contribution in [0.1, 0.15) is 0 Å². The third-order valence-corrected chi connectivity index (χ3v) is 10.4. The second kappa shape index (κ2) is 6.23. The summed E-state index contributed by atoms with van der Waals surface area (Å²) in [6.45, 7) is 4.93. The summed E-state index contributed by atoms with van der Waals surface area (Å²) in [7, 11) is -1.24. The van der Waals surface area contributed by atoms with Crippen molar-refractivity contribution in [2.24, 2.45) is 0 Å². The monoisotopic (exact) mass is 354 g/mol. The van der Waals surface area contributed by atoms with E-state index in [1.807, 2.05) is 0 Å². The van der Waals surface area contributed by atoms with Gasteiger partial charge in [-0.1, -0.05) is 0 Å². The van der Waals surface area contributed by atoms with Gasteiger partial charge >= 0.3 is 113 Å². The number of benzene rings is 1. The molecule has 0 radical (unpaired) electrons. The quantitative estimate of drug-likeness (QED) is 0.540. The van der Waals surface area contributed by atoms with E-state index in [0.29, 0.717) is 0 Å². The summed E-state index contributed by atoms with van der Waals surface area (Å²) >= 11 is -1.58. The van der Waals surface area contributed by atoms with Crippen LogP contribution in [0, 0.1) is 0 Å². The van der Waals surface area contributed by atoms with Crippen molar-refractivity contribution in [3.8, 4) is 0 Å². The summed E-state index contributed by atoms with van der Waals surface area (Å²) in [6.07, 6.45) is 4.90. The molecule has 0 unspecified atom stereocenters. The van der Waals surface area contributed by atoms with E-state index in [4.69, 9.17) is 0 Å². The van der Waals surface area contributed by atoms with E-state index in [0.717, 1.165) is 0 Å². The predicted octanol–water partition coefficient (Wildman–Crippen LogP) is 4.50. The fraction of sp³-hybridized carbons (Fsp3) is 0.467. The van der Waals surface area contributed by atoms with Gasteiger partial charge in [0.1, 0.15) is 0 Å². The Hall–Kier alpha value is -0.0244. The van der Waals surface area contributed by atoms with E-state index < -0.39 is 26.5 Å². The SMILES string of the molecule is C[Si](C)(C/C=C/[CH2][Sn]([CH3])([CH3])[CH3])c1ccccc1. The van der Waals surface area contributed by atoms with E-state index in [9.17, 15) is 0 Å². The molecule has 1 aromatic carbocycles. The van der Waals surface area contributed by atoms with Crippen LogP contribution in [0.2, 0.25) is 38.4 Å². The van der Waals surface area contributed by atoms with Gasteiger partial charge in [-0.2, -0.15) is 0 Å². The van der Waals surface area contributed by atoms with Crippen LogP contribution in [-0.2, 0) is 0 Å². The number of hydrogen-bond donors (Lipinski definition) is 0. The summed E-state index contributed by atoms with van der Waals surface area (Å²) in [4.78, 5) is 7.50. The zero-order chi connectivity index (χ0) is 12.9. The molecule has 0 aliphatic heterocycles. The average Bonchev–Trinajstić information content (AvgIpc) is 2.25. The molecule has 1 rings (SSSR count). The Morgan fingerprint density at radius 2 is 1.59 bits per heavy atom. The van der Waals surface area contributed by atoms with E-state index in [1.165, 1.54) is 10.5 Å². The molecule has 0 atom stereocenters. The second-order valence-electron chi connectivity index (χ2n) is 6.69. The molecular formula is C15H26SiSn. The molecule has 94 valence electrons. The zero-order valence-corrected chi connectivity index (χ0v) is 15.8. The maximum atomic E-state index is 2.50. The normalized spacial score (nSPS) is 13.2. The number of hydrogen-bond acceptors (Lipinski definition) is 0. The van der Waals surface area contributed by atoms with Crippen LogP contribution in [0.3, 0.4) is 0 Å². The molecule has 0 N–H and O–H groups in total. The van der Waals surface area contributed by atoms with E-state index in [1.54, 1.807) is 5.19 Å². The van der Waals surface area contributed by atoms with Gasteiger partial charge < -0.3 is 0 Å². The van der Waals surface area contributed by atoms with Crippen molar-refractivity contribution in [1.82, 2.24) is 0 Å². The molecular weight excluding hydrogens is 327 g/mol. The molecule has 0 aromatic heterocycles. The summed E-state index contributed by atoms with van der Waals surface area (Å²) < 4.78 is 1.38. The van der Waals surface area contributed by atoms with Gasteiger partial charge in [0.05, 0.1) is 0 Å². The van der Waals surface area contributed by atoms with Crippen LogP contribution < -0.4 is 5.19 Å². The Morgan fingerprint density at radius 3 is 2.12 bits per heavy atom. The van der Waals surface area contributed by atoms with E-state index >= 15 is 0 Å². The average molecular weight is 353 g/mol. The molecule has 17 heavy (non-hydrogen) atoms. The molecule has 0 aliphatic rings. The zero-order valence-electron chi connectivity index (χ0n) is 12.0. The van der Waals surface area contributed by atoms with Crippen molar-refractivity contribution in [2.75, 3.05) is 0 Å². The van der Waals surface area contributed by atoms with Gasteiger partial charge in [0.25, 0.3) is 0 Å². The third kappa shape index (κ3) is 5.91. The Labute approximate surface area is 112 Å². The van der Waals surface area contributed by atoms with Gasteiger partial charge in [-0.3, -0.25) is 0 Å². The van der Waals surface area contributed by atoms with Crippen molar-refractivity contribution in [1.29, 1.82) is 0 Å². The van der Waals surface area contributed by atoms with Crippen molar-refractivity contribution in [2.45, 2.75) is 38.4 Å². The fourth-order valence-corrected chi connectivity index (χ4v) is 6.40. The van der Waals surface area contributed by atoms with Gasteiger partial charge in [0.2, 0.25) is 0 Å². The molecule has 0 bridgehead atoms. The summed E-state index contributed by atoms with van der Waals surface area (Å²) in [6, 6.07) is 12.3. The molecule has 0 aliphatic carbocycles. The van der Waals surface area contributed by atoms with Crippen molar-refractivity contribution >= 4 is 31.6 Å². The van der Waals surface area contributed by atoms with Crippen LogP contribution in [0.5, 0.6) is 0 Å². The molecule has 0 heterocycles. The first-order valence-corrected chi connectivity index (χ1v) is 20.3. The number of rotatable bonds is 5. The predicted molar refractivity (Wildman–Crippen MR) is 85.7 cm³/mol. The van der Waals surface area contributed by atoms with Crippen LogP contribution in [0.15, 0.2) is 42.5 Å². The summed E-state index contributed by atoms with van der Waals surface area (Å²) in [5, 5.41) is 1.57. The van der Waals surface area contributed by atoms with Crippen molar-refractivity contribution in [3.63, 3.8) is 0 Å². The van der Waals surface area contributed by atoms with Crippen LogP contribution >= 0.6 is 0 Å². The first kappa shape index (κ1) is 15.0. The fourth-order valence-electron chi connectivity index (χ4n) is 1.82. The molecule has 2 heteroatoms. The van der Waals surface area contributed by atoms with Gasteiger partial charge in [-0.15, -0.1) is 0 Å². The van der Waals surface area contributed by atoms with Gasteiger partial charge in [0.15, 0.2) is 0 Å². The van der Waals surface area contributed by atoms with Crippen molar-refractivity contribution in [3.05, 3.63) is 42.5 Å². The van der Waals surface area contributed by atoms with Crippen LogP contribution in [-0.4, -0.2) is 26.5 Å². The van der Waals surface area contributed by atoms with Gasteiger partial charge in [-0.05, 0) is 0 Å².